The van der Waals surface area contributed by atoms with Gasteiger partial charge in [-0.05, 0) is 0 Å². The van der Waals surface area contributed by atoms with Gasteiger partial charge in [-0.3, -0.25) is 0 Å². The van der Waals surface area contributed by atoms with Gasteiger partial charge >= 0.3 is 37.3 Å². The molecule has 0 aliphatic heterocycles. The van der Waals surface area contributed by atoms with Crippen LogP contribution in [-0.2, 0) is 0 Å². The first-order valence-corrected chi connectivity index (χ1v) is 4.71. The van der Waals surface area contributed by atoms with Gasteiger partial charge in [-0.2, -0.15) is 0 Å². The van der Waals surface area contributed by atoms with Gasteiger partial charge in [-0.15, -0.1) is 0 Å². The number of hydrogen-bond acceptors (Lipinski definition) is 0. The summed E-state index contributed by atoms with van der Waals surface area (Å²) in [6.07, 6.45) is 0. The molecule has 0 saturated carbocycles. The third kappa shape index (κ3) is 4710. The fourth-order valence-corrected chi connectivity index (χ4v) is 0. The van der Waals surface area contributed by atoms with Gasteiger partial charge in [0, 0.05) is 0 Å². The summed E-state index contributed by atoms with van der Waals surface area (Å²) < 4.78 is 44.8. The molecule has 0 bridgehead atoms. The molecule has 0 unspecified atom stereocenters. The standard InChI is InChI=1S/C2H6F4P/c1-7(2,3,4,5)6/h1-2H3/q-1. The molecule has 0 aliphatic carbocycles. The Morgan fingerprint density at radius 2 is 0.857 bits per heavy atom. The normalized spacial score (nSPS) is 23.1. The molecule has 0 aromatic heterocycles. The third-order valence-corrected chi connectivity index (χ3v) is 0. The number of hydrogen-bond donors (Lipinski definition) is 0. The van der Waals surface area contributed by atoms with Crippen molar-refractivity contribution in [3.63, 3.8) is 0 Å². The molecule has 0 radical (unpaired) electrons. The van der Waals surface area contributed by atoms with Gasteiger partial charge < -0.3 is 0 Å². The molecule has 0 aromatic rings. The quantitative estimate of drug-likeness (QED) is 0.355. The van der Waals surface area contributed by atoms with E-state index in [0.717, 1.165) is 0 Å². The van der Waals surface area contributed by atoms with Crippen LogP contribution in [0.25, 0.3) is 0 Å². The Bertz CT molecular complexity index is 68.3. The van der Waals surface area contributed by atoms with Crippen LogP contribution in [-0.4, -0.2) is 13.3 Å². The first-order chi connectivity index (χ1) is 2.45. The Hall–Kier alpha value is 0.150. The Kier molecular flexibility index (Phi) is 0.726. The zero-order valence-electron chi connectivity index (χ0n) is 3.96. The molecule has 0 fully saturated rings. The van der Waals surface area contributed by atoms with Crippen molar-refractivity contribution in [3.8, 4) is 0 Å². The second-order valence-corrected chi connectivity index (χ2v) is 6.55. The molecule has 0 atom stereocenters. The van der Waals surface area contributed by atoms with E-state index in [9.17, 15) is 16.8 Å². The summed E-state index contributed by atoms with van der Waals surface area (Å²) in [5.74, 6) is 0. The number of halogens is 4. The molecule has 0 saturated heterocycles. The fraction of sp³-hybridized carbons (Fsp3) is 1.00. The SMILES string of the molecule is C[P-](C)(F)(F)(F)F. The maximum atomic E-state index is 11.2. The van der Waals surface area contributed by atoms with Crippen LogP contribution in [0.15, 0.2) is 0 Å². The molecule has 48 valence electrons. The summed E-state index contributed by atoms with van der Waals surface area (Å²) in [4.78, 5) is 0. The second kappa shape index (κ2) is 0.711. The molecule has 0 heterocycles. The summed E-state index contributed by atoms with van der Waals surface area (Å²) in [6, 6.07) is 0. The minimum absolute atomic E-state index is 0.301. The van der Waals surface area contributed by atoms with Crippen molar-refractivity contribution in [1.29, 1.82) is 0 Å². The van der Waals surface area contributed by atoms with Crippen molar-refractivity contribution >= 4 is 7.19 Å². The predicted octanol–water partition coefficient (Wildman–Crippen LogP) is 2.87. The van der Waals surface area contributed by atoms with Crippen molar-refractivity contribution in [1.82, 2.24) is 0 Å². The topological polar surface area (TPSA) is 0 Å². The average Bonchev–Trinajstić information content (AvgIpc) is 0.592. The molecular formula is C2H6F4P-. The summed E-state index contributed by atoms with van der Waals surface area (Å²) in [7, 11) is -7.66. The summed E-state index contributed by atoms with van der Waals surface area (Å²) >= 11 is 0. The monoisotopic (exact) mass is 137 g/mol. The van der Waals surface area contributed by atoms with Gasteiger partial charge in [0.1, 0.15) is 0 Å². The molecule has 0 spiro atoms. The summed E-state index contributed by atoms with van der Waals surface area (Å²) in [5, 5.41) is 0. The zero-order valence-corrected chi connectivity index (χ0v) is 4.85. The van der Waals surface area contributed by atoms with Gasteiger partial charge in [0.25, 0.3) is 0 Å². The van der Waals surface area contributed by atoms with Crippen LogP contribution in [0.2, 0.25) is 0 Å². The van der Waals surface area contributed by atoms with Crippen LogP contribution in [0.3, 0.4) is 0 Å². The van der Waals surface area contributed by atoms with E-state index in [4.69, 9.17) is 0 Å². The van der Waals surface area contributed by atoms with Gasteiger partial charge in [0.2, 0.25) is 0 Å². The molecule has 0 nitrogen and oxygen atoms in total. The van der Waals surface area contributed by atoms with Crippen LogP contribution in [0.1, 0.15) is 0 Å². The molecular weight excluding hydrogens is 131 g/mol. The summed E-state index contributed by atoms with van der Waals surface area (Å²) in [6.45, 7) is -0.602. The van der Waals surface area contributed by atoms with Crippen molar-refractivity contribution in [2.75, 3.05) is 13.3 Å². The van der Waals surface area contributed by atoms with E-state index in [0.29, 0.717) is 0 Å². The van der Waals surface area contributed by atoms with E-state index in [-0.39, 0.29) is 13.3 Å². The molecule has 0 aromatic carbocycles. The molecule has 7 heavy (non-hydrogen) atoms. The Morgan fingerprint density at radius 3 is 0.857 bits per heavy atom. The van der Waals surface area contributed by atoms with Crippen LogP contribution < -0.4 is 0 Å². The first-order valence-electron chi connectivity index (χ1n) is 1.57. The van der Waals surface area contributed by atoms with Crippen LogP contribution >= 0.6 is 7.19 Å². The third-order valence-electron chi connectivity index (χ3n) is 0. The summed E-state index contributed by atoms with van der Waals surface area (Å²) in [5.41, 5.74) is 0. The van der Waals surface area contributed by atoms with Gasteiger partial charge in [0.15, 0.2) is 0 Å². The van der Waals surface area contributed by atoms with Crippen LogP contribution in [0.5, 0.6) is 0 Å². The van der Waals surface area contributed by atoms with E-state index in [2.05, 4.69) is 0 Å². The van der Waals surface area contributed by atoms with Gasteiger partial charge in [0.05, 0.1) is 0 Å². The first kappa shape index (κ1) is 7.15. The van der Waals surface area contributed by atoms with E-state index >= 15 is 0 Å². The molecule has 5 heteroatoms. The second-order valence-electron chi connectivity index (χ2n) is 2.18. The van der Waals surface area contributed by atoms with Crippen molar-refractivity contribution in [2.24, 2.45) is 0 Å². The van der Waals surface area contributed by atoms with Crippen molar-refractivity contribution < 1.29 is 16.8 Å². The predicted molar refractivity (Wildman–Crippen MR) is 23.2 cm³/mol. The van der Waals surface area contributed by atoms with E-state index in [1.807, 2.05) is 0 Å². The average molecular weight is 137 g/mol. The Morgan fingerprint density at radius 1 is 0.857 bits per heavy atom. The van der Waals surface area contributed by atoms with E-state index in [1.165, 1.54) is 0 Å². The molecule has 0 amide bonds. The minimum atomic E-state index is -7.66. The van der Waals surface area contributed by atoms with Crippen LogP contribution in [0, 0.1) is 0 Å². The molecule has 0 rings (SSSR count). The maximum absolute atomic E-state index is 11.2. The van der Waals surface area contributed by atoms with Gasteiger partial charge in [-0.1, -0.05) is 0 Å². The van der Waals surface area contributed by atoms with E-state index in [1.54, 1.807) is 0 Å². The molecule has 0 N–H and O–H groups in total. The number of rotatable bonds is 0. The zero-order chi connectivity index (χ0) is 6.41. The Balaban J connectivity index is 4.43. The van der Waals surface area contributed by atoms with Crippen LogP contribution in [0.4, 0.5) is 16.8 Å². The van der Waals surface area contributed by atoms with Crippen molar-refractivity contribution in [3.05, 3.63) is 0 Å². The Labute approximate surface area is 38.5 Å². The molecule has 0 aliphatic rings. The van der Waals surface area contributed by atoms with Crippen molar-refractivity contribution in [2.45, 2.75) is 0 Å². The fourth-order valence-electron chi connectivity index (χ4n) is 0. The van der Waals surface area contributed by atoms with E-state index < -0.39 is 7.19 Å². The van der Waals surface area contributed by atoms with Gasteiger partial charge in [-0.25, -0.2) is 0 Å².